The molecule has 0 saturated carbocycles. The van der Waals surface area contributed by atoms with E-state index in [0.717, 1.165) is 6.54 Å². The molecule has 2 heterocycles. The summed E-state index contributed by atoms with van der Waals surface area (Å²) in [6.07, 6.45) is 0. The van der Waals surface area contributed by atoms with E-state index in [2.05, 4.69) is 36.4 Å². The van der Waals surface area contributed by atoms with Crippen molar-refractivity contribution in [3.8, 4) is 5.75 Å². The van der Waals surface area contributed by atoms with Gasteiger partial charge in [-0.25, -0.2) is 8.42 Å². The molecule has 3 rings (SSSR count). The zero-order valence-electron chi connectivity index (χ0n) is 15.7. The number of ether oxygens (including phenoxy) is 2. The van der Waals surface area contributed by atoms with Crippen LogP contribution in [0.1, 0.15) is 17.8 Å². The molecule has 2 aromatic rings. The minimum absolute atomic E-state index is 0.292. The number of rotatable bonds is 8. The Morgan fingerprint density at radius 1 is 1.22 bits per heavy atom. The van der Waals surface area contributed by atoms with Crippen LogP contribution in [0.2, 0.25) is 0 Å². The molecule has 0 radical (unpaired) electrons. The van der Waals surface area contributed by atoms with E-state index in [1.165, 1.54) is 9.18 Å². The second kappa shape index (κ2) is 9.16. The van der Waals surface area contributed by atoms with Gasteiger partial charge < -0.3 is 9.47 Å². The molecule has 8 heteroatoms. The first-order chi connectivity index (χ1) is 13.0. The van der Waals surface area contributed by atoms with Crippen LogP contribution in [0.15, 0.2) is 46.7 Å². The van der Waals surface area contributed by atoms with Crippen molar-refractivity contribution in [2.45, 2.75) is 17.9 Å². The zero-order chi connectivity index (χ0) is 19.3. The minimum atomic E-state index is -3.46. The highest BCUT2D eigenvalue weighted by Gasteiger charge is 2.26. The summed E-state index contributed by atoms with van der Waals surface area (Å²) in [5.41, 5.74) is 0. The van der Waals surface area contributed by atoms with Crippen molar-refractivity contribution in [3.63, 3.8) is 0 Å². The Kier molecular flexibility index (Phi) is 6.88. The molecule has 1 aromatic carbocycles. The molecule has 0 amide bonds. The summed E-state index contributed by atoms with van der Waals surface area (Å²) in [4.78, 5) is 3.86. The van der Waals surface area contributed by atoms with Gasteiger partial charge in [-0.1, -0.05) is 6.07 Å². The first kappa shape index (κ1) is 20.3. The summed E-state index contributed by atoms with van der Waals surface area (Å²) in [6.45, 7) is 5.19. The molecule has 1 aromatic heterocycles. The first-order valence-electron chi connectivity index (χ1n) is 9.03. The predicted molar refractivity (Wildman–Crippen MR) is 107 cm³/mol. The van der Waals surface area contributed by atoms with Gasteiger partial charge in [0.1, 0.15) is 12.4 Å². The Bertz CT molecular complexity index is 801. The third-order valence-corrected chi connectivity index (χ3v) is 7.72. The van der Waals surface area contributed by atoms with Crippen molar-refractivity contribution in [1.29, 1.82) is 0 Å². The number of likely N-dealkylation sites (N-methyl/N-ethyl adjacent to an activating group) is 1. The third-order valence-electron chi connectivity index (χ3n) is 4.76. The Morgan fingerprint density at radius 3 is 2.56 bits per heavy atom. The van der Waals surface area contributed by atoms with E-state index in [4.69, 9.17) is 9.47 Å². The van der Waals surface area contributed by atoms with Gasteiger partial charge in [-0.3, -0.25) is 4.90 Å². The van der Waals surface area contributed by atoms with Crippen LogP contribution < -0.4 is 4.74 Å². The standard InChI is InChI=1S/C19H26N2O4S2/c1-16(19-4-3-15-26-19)20(2)9-14-25-17-5-7-18(8-6-17)27(22,23)21-10-12-24-13-11-21/h3-8,15-16H,9-14H2,1-2H3. The van der Waals surface area contributed by atoms with E-state index in [0.29, 0.717) is 49.6 Å². The first-order valence-corrected chi connectivity index (χ1v) is 11.3. The number of benzene rings is 1. The maximum Gasteiger partial charge on any atom is 0.243 e. The fourth-order valence-electron chi connectivity index (χ4n) is 2.89. The summed E-state index contributed by atoms with van der Waals surface area (Å²) in [7, 11) is -1.38. The summed E-state index contributed by atoms with van der Waals surface area (Å²) < 4.78 is 37.7. The molecule has 1 unspecified atom stereocenters. The summed E-state index contributed by atoms with van der Waals surface area (Å²) >= 11 is 1.75. The highest BCUT2D eigenvalue weighted by atomic mass is 32.2. The number of thiophene rings is 1. The fourth-order valence-corrected chi connectivity index (χ4v) is 5.15. The van der Waals surface area contributed by atoms with Gasteiger partial charge in [0.05, 0.1) is 18.1 Å². The van der Waals surface area contributed by atoms with E-state index in [1.807, 2.05) is 0 Å². The van der Waals surface area contributed by atoms with Gasteiger partial charge in [0.25, 0.3) is 0 Å². The molecule has 27 heavy (non-hydrogen) atoms. The zero-order valence-corrected chi connectivity index (χ0v) is 17.3. The Hall–Kier alpha value is -1.45. The number of nitrogens with zero attached hydrogens (tertiary/aromatic N) is 2. The van der Waals surface area contributed by atoms with E-state index in [9.17, 15) is 8.42 Å². The van der Waals surface area contributed by atoms with Crippen LogP contribution >= 0.6 is 11.3 Å². The Balaban J connectivity index is 1.52. The van der Waals surface area contributed by atoms with Gasteiger partial charge in [-0.05, 0) is 49.7 Å². The molecule has 6 nitrogen and oxygen atoms in total. The molecule has 0 spiro atoms. The SMILES string of the molecule is CC(c1cccs1)N(C)CCOc1ccc(S(=O)(=O)N2CCOCC2)cc1. The maximum atomic E-state index is 12.6. The summed E-state index contributed by atoms with van der Waals surface area (Å²) in [5, 5.41) is 2.09. The molecule has 1 aliphatic heterocycles. The van der Waals surface area contributed by atoms with Crippen molar-refractivity contribution in [3.05, 3.63) is 46.7 Å². The van der Waals surface area contributed by atoms with Crippen LogP contribution in [0.4, 0.5) is 0 Å². The van der Waals surface area contributed by atoms with E-state index >= 15 is 0 Å². The molecular formula is C19H26N2O4S2. The van der Waals surface area contributed by atoms with Crippen molar-refractivity contribution in [1.82, 2.24) is 9.21 Å². The number of hydrogen-bond acceptors (Lipinski definition) is 6. The monoisotopic (exact) mass is 410 g/mol. The predicted octanol–water partition coefficient (Wildman–Crippen LogP) is 2.84. The lowest BCUT2D eigenvalue weighted by molar-refractivity contribution is 0.0730. The van der Waals surface area contributed by atoms with Crippen LogP contribution in [0.5, 0.6) is 5.75 Å². The largest absolute Gasteiger partial charge is 0.492 e. The van der Waals surface area contributed by atoms with Gasteiger partial charge in [-0.15, -0.1) is 11.3 Å². The van der Waals surface area contributed by atoms with Crippen LogP contribution in [-0.4, -0.2) is 64.1 Å². The van der Waals surface area contributed by atoms with Crippen molar-refractivity contribution in [2.24, 2.45) is 0 Å². The van der Waals surface area contributed by atoms with Gasteiger partial charge in [0, 0.05) is 30.6 Å². The normalized spacial score (nSPS) is 17.1. The maximum absolute atomic E-state index is 12.6. The number of sulfonamides is 1. The van der Waals surface area contributed by atoms with E-state index < -0.39 is 10.0 Å². The van der Waals surface area contributed by atoms with Crippen molar-refractivity contribution >= 4 is 21.4 Å². The van der Waals surface area contributed by atoms with Gasteiger partial charge in [0.2, 0.25) is 10.0 Å². The quantitative estimate of drug-likeness (QED) is 0.670. The average molecular weight is 411 g/mol. The Morgan fingerprint density at radius 2 is 1.93 bits per heavy atom. The van der Waals surface area contributed by atoms with Crippen molar-refractivity contribution < 1.29 is 17.9 Å². The summed E-state index contributed by atoms with van der Waals surface area (Å²) in [5.74, 6) is 0.674. The summed E-state index contributed by atoms with van der Waals surface area (Å²) in [6, 6.07) is 11.2. The van der Waals surface area contributed by atoms with Gasteiger partial charge in [0.15, 0.2) is 0 Å². The van der Waals surface area contributed by atoms with Gasteiger partial charge >= 0.3 is 0 Å². The lowest BCUT2D eigenvalue weighted by atomic mass is 10.2. The van der Waals surface area contributed by atoms with Crippen molar-refractivity contribution in [2.75, 3.05) is 46.5 Å². The fraction of sp³-hybridized carbons (Fsp3) is 0.474. The molecule has 1 atom stereocenters. The number of hydrogen-bond donors (Lipinski definition) is 0. The molecular weight excluding hydrogens is 384 g/mol. The Labute approximate surface area is 165 Å². The minimum Gasteiger partial charge on any atom is -0.492 e. The lowest BCUT2D eigenvalue weighted by Gasteiger charge is -2.26. The highest BCUT2D eigenvalue weighted by molar-refractivity contribution is 7.89. The van der Waals surface area contributed by atoms with Crippen LogP contribution in [0.25, 0.3) is 0 Å². The molecule has 0 aliphatic carbocycles. The second-order valence-electron chi connectivity index (χ2n) is 6.51. The number of morpholine rings is 1. The molecule has 148 valence electrons. The van der Waals surface area contributed by atoms with Gasteiger partial charge in [-0.2, -0.15) is 4.31 Å². The van der Waals surface area contributed by atoms with Crippen LogP contribution in [0.3, 0.4) is 0 Å². The second-order valence-corrected chi connectivity index (χ2v) is 9.43. The lowest BCUT2D eigenvalue weighted by Crippen LogP contribution is -2.40. The smallest absolute Gasteiger partial charge is 0.243 e. The van der Waals surface area contributed by atoms with E-state index in [1.54, 1.807) is 35.6 Å². The molecule has 0 bridgehead atoms. The molecule has 1 saturated heterocycles. The topological polar surface area (TPSA) is 59.1 Å². The average Bonchev–Trinajstić information content (AvgIpc) is 3.23. The molecule has 1 aliphatic rings. The van der Waals surface area contributed by atoms with Crippen LogP contribution in [0, 0.1) is 0 Å². The molecule has 0 N–H and O–H groups in total. The highest BCUT2D eigenvalue weighted by Crippen LogP contribution is 2.23. The third kappa shape index (κ3) is 5.08. The molecule has 1 fully saturated rings. The van der Waals surface area contributed by atoms with Crippen LogP contribution in [-0.2, 0) is 14.8 Å². The van der Waals surface area contributed by atoms with E-state index in [-0.39, 0.29) is 0 Å².